The molecule has 232 valence electrons. The molecule has 9 nitrogen and oxygen atoms in total. The van der Waals surface area contributed by atoms with Crippen molar-refractivity contribution in [2.24, 2.45) is 5.92 Å². The predicted octanol–water partition coefficient (Wildman–Crippen LogP) is 6.39. The zero-order valence-electron chi connectivity index (χ0n) is 25.7. The lowest BCUT2D eigenvalue weighted by molar-refractivity contribution is -0.133. The summed E-state index contributed by atoms with van der Waals surface area (Å²) in [4.78, 5) is 31.1. The summed E-state index contributed by atoms with van der Waals surface area (Å²) < 4.78 is 13.5. The molecule has 9 heteroatoms. The van der Waals surface area contributed by atoms with Crippen LogP contribution >= 0.6 is 0 Å². The highest BCUT2D eigenvalue weighted by Crippen LogP contribution is 2.42. The van der Waals surface area contributed by atoms with Gasteiger partial charge in [-0.15, -0.1) is 0 Å². The number of benzene rings is 2. The molecule has 2 aromatic carbocycles. The highest BCUT2D eigenvalue weighted by molar-refractivity contribution is 5.90. The van der Waals surface area contributed by atoms with Crippen molar-refractivity contribution in [2.45, 2.75) is 63.9 Å². The number of aromatic nitrogens is 3. The van der Waals surface area contributed by atoms with Crippen molar-refractivity contribution in [3.63, 3.8) is 0 Å². The van der Waals surface area contributed by atoms with Gasteiger partial charge in [-0.3, -0.25) is 4.79 Å². The van der Waals surface area contributed by atoms with E-state index < -0.39 is 5.97 Å². The number of carboxylic acids is 1. The molecule has 1 saturated carbocycles. The Morgan fingerprint density at radius 2 is 1.80 bits per heavy atom. The Hall–Kier alpha value is -4.66. The van der Waals surface area contributed by atoms with Crippen LogP contribution in [-0.4, -0.2) is 56.8 Å². The Balaban J connectivity index is 1.12. The Bertz CT molecular complexity index is 1750. The van der Waals surface area contributed by atoms with Gasteiger partial charge in [0.15, 0.2) is 5.82 Å². The van der Waals surface area contributed by atoms with Gasteiger partial charge in [0.1, 0.15) is 17.4 Å². The second-order valence-corrected chi connectivity index (χ2v) is 12.3. The number of piperidine rings is 1. The van der Waals surface area contributed by atoms with E-state index in [-0.39, 0.29) is 23.5 Å². The maximum atomic E-state index is 12.5. The van der Waals surface area contributed by atoms with Gasteiger partial charge in [-0.1, -0.05) is 37.3 Å². The molecule has 0 radical (unpaired) electrons. The summed E-state index contributed by atoms with van der Waals surface area (Å²) in [5.41, 5.74) is 6.80. The van der Waals surface area contributed by atoms with E-state index in [0.29, 0.717) is 17.6 Å². The van der Waals surface area contributed by atoms with Crippen LogP contribution in [0, 0.1) is 5.92 Å². The topological polar surface area (TPSA) is 107 Å². The van der Waals surface area contributed by atoms with Crippen molar-refractivity contribution in [3.05, 3.63) is 88.6 Å². The third-order valence-electron chi connectivity index (χ3n) is 9.52. The zero-order chi connectivity index (χ0) is 31.1. The molecule has 2 aromatic heterocycles. The molecule has 1 aliphatic heterocycles. The van der Waals surface area contributed by atoms with E-state index in [1.807, 2.05) is 12.1 Å². The smallest absolute Gasteiger partial charge is 0.342 e. The van der Waals surface area contributed by atoms with E-state index in [1.54, 1.807) is 6.07 Å². The third kappa shape index (κ3) is 5.56. The van der Waals surface area contributed by atoms with Crippen molar-refractivity contribution in [1.29, 1.82) is 0 Å². The maximum Gasteiger partial charge on any atom is 0.342 e. The van der Waals surface area contributed by atoms with Gasteiger partial charge in [0, 0.05) is 30.1 Å². The molecule has 1 atom stereocenters. The molecule has 0 spiro atoms. The summed E-state index contributed by atoms with van der Waals surface area (Å²) in [5, 5.41) is 13.8. The number of pyridine rings is 1. The number of hydrogen-bond acceptors (Lipinski definition) is 6. The number of aromatic carboxylic acids is 1. The van der Waals surface area contributed by atoms with E-state index in [0.717, 1.165) is 80.6 Å². The lowest BCUT2D eigenvalue weighted by Gasteiger charge is -2.33. The Morgan fingerprint density at radius 3 is 2.53 bits per heavy atom. The first kappa shape index (κ1) is 29.1. The molecule has 1 amide bonds. The number of carbonyl (C=O) groups is 2. The number of aryl methyl sites for hydroxylation is 2. The van der Waals surface area contributed by atoms with E-state index >= 15 is 0 Å². The van der Waals surface area contributed by atoms with E-state index in [9.17, 15) is 14.7 Å². The first-order chi connectivity index (χ1) is 21.9. The monoisotopic (exact) mass is 606 g/mol. The fraction of sp³-hybridized carbons (Fsp3) is 0.389. The zero-order valence-corrected chi connectivity index (χ0v) is 25.7. The average Bonchev–Trinajstić information content (AvgIpc) is 3.70. The second kappa shape index (κ2) is 12.0. The molecule has 7 rings (SSSR count). The summed E-state index contributed by atoms with van der Waals surface area (Å²) in [7, 11) is 1.42. The quantitative estimate of drug-likeness (QED) is 0.235. The first-order valence-corrected chi connectivity index (χ1v) is 16.0. The van der Waals surface area contributed by atoms with Gasteiger partial charge in [0.2, 0.25) is 11.8 Å². The minimum absolute atomic E-state index is 0.0228. The number of rotatable bonds is 9. The third-order valence-corrected chi connectivity index (χ3v) is 9.52. The van der Waals surface area contributed by atoms with Crippen molar-refractivity contribution in [1.82, 2.24) is 19.7 Å². The number of ether oxygens (including phenoxy) is 2. The molecule has 0 unspecified atom stereocenters. The summed E-state index contributed by atoms with van der Waals surface area (Å²) in [5.74, 6) is 1.47. The van der Waals surface area contributed by atoms with Gasteiger partial charge in [0.05, 0.1) is 19.0 Å². The van der Waals surface area contributed by atoms with Crippen LogP contribution in [0.3, 0.4) is 0 Å². The van der Waals surface area contributed by atoms with Crippen LogP contribution in [0.1, 0.15) is 83.7 Å². The minimum atomic E-state index is -1.11. The lowest BCUT2D eigenvalue weighted by atomic mass is 9.85. The van der Waals surface area contributed by atoms with Crippen molar-refractivity contribution in [2.75, 3.05) is 20.2 Å². The van der Waals surface area contributed by atoms with Crippen LogP contribution in [0.15, 0.2) is 60.8 Å². The highest BCUT2D eigenvalue weighted by Gasteiger charge is 2.35. The molecule has 3 aliphatic rings. The summed E-state index contributed by atoms with van der Waals surface area (Å²) >= 11 is 0. The predicted molar refractivity (Wildman–Crippen MR) is 169 cm³/mol. The summed E-state index contributed by atoms with van der Waals surface area (Å²) in [6.45, 7) is 3.91. The van der Waals surface area contributed by atoms with Gasteiger partial charge in [-0.2, -0.15) is 9.78 Å². The number of methoxy groups -OCH3 is 1. The molecular weight excluding hydrogens is 568 g/mol. The first-order valence-electron chi connectivity index (χ1n) is 16.0. The standard InChI is InChI=1S/C36H38N4O5/c1-3-22-20-26(13-14-27(22)23-16-18-39(19-17-23)34(41)25-10-11-25)45-31-15-12-24-6-4-7-28(33(24)31)30-8-5-9-32(38-30)40-35(44-2)29(21-37-40)36(42)43/h4-9,13-14,20-21,23,25,31H,3,10-12,15-19H2,1-2H3,(H,42,43)/t31-/m0/s1. The SMILES string of the molecule is CCc1cc(O[C@H]2CCc3cccc(-c4cccc(-n5ncc(C(=O)O)c5OC)n4)c32)ccc1C1CCN(C(=O)C2CC2)CC1. The molecule has 2 aliphatic carbocycles. The molecule has 1 N–H and O–H groups in total. The number of hydrogen-bond donors (Lipinski definition) is 1. The number of amides is 1. The van der Waals surface area contributed by atoms with Gasteiger partial charge >= 0.3 is 5.97 Å². The number of likely N-dealkylation sites (tertiary alicyclic amines) is 1. The fourth-order valence-electron chi connectivity index (χ4n) is 7.04. The molecule has 4 aromatic rings. The van der Waals surface area contributed by atoms with Gasteiger partial charge in [-0.05, 0) is 91.8 Å². The Labute approximate surface area is 262 Å². The number of fused-ring (bicyclic) bond motifs is 1. The van der Waals surface area contributed by atoms with Gasteiger partial charge in [-0.25, -0.2) is 9.78 Å². The fourth-order valence-corrected chi connectivity index (χ4v) is 7.04. The molecule has 45 heavy (non-hydrogen) atoms. The summed E-state index contributed by atoms with van der Waals surface area (Å²) in [6, 6.07) is 18.5. The van der Waals surface area contributed by atoms with Crippen LogP contribution in [0.2, 0.25) is 0 Å². The molecular formula is C36H38N4O5. The highest BCUT2D eigenvalue weighted by atomic mass is 16.5. The Kier molecular flexibility index (Phi) is 7.77. The van der Waals surface area contributed by atoms with Crippen LogP contribution in [0.25, 0.3) is 17.1 Å². The van der Waals surface area contributed by atoms with Crippen molar-refractivity contribution < 1.29 is 24.2 Å². The largest absolute Gasteiger partial charge is 0.486 e. The lowest BCUT2D eigenvalue weighted by Crippen LogP contribution is -2.38. The van der Waals surface area contributed by atoms with Gasteiger partial charge in [0.25, 0.3) is 0 Å². The number of carbonyl (C=O) groups excluding carboxylic acids is 1. The van der Waals surface area contributed by atoms with Crippen molar-refractivity contribution in [3.8, 4) is 28.7 Å². The summed E-state index contributed by atoms with van der Waals surface area (Å²) in [6.07, 6.45) is 8.02. The van der Waals surface area contributed by atoms with Crippen LogP contribution in [0.4, 0.5) is 0 Å². The molecule has 0 bridgehead atoms. The van der Waals surface area contributed by atoms with E-state index in [1.165, 1.54) is 34.7 Å². The van der Waals surface area contributed by atoms with E-state index in [4.69, 9.17) is 14.5 Å². The van der Waals surface area contributed by atoms with Gasteiger partial charge < -0.3 is 19.5 Å². The minimum Gasteiger partial charge on any atom is -0.486 e. The van der Waals surface area contributed by atoms with Crippen LogP contribution in [-0.2, 0) is 17.6 Å². The Morgan fingerprint density at radius 1 is 1.00 bits per heavy atom. The number of nitrogens with zero attached hydrogens (tertiary/aromatic N) is 4. The maximum absolute atomic E-state index is 12.5. The van der Waals surface area contributed by atoms with Crippen LogP contribution in [0.5, 0.6) is 11.6 Å². The molecule has 2 fully saturated rings. The second-order valence-electron chi connectivity index (χ2n) is 12.3. The average molecular weight is 607 g/mol. The molecule has 3 heterocycles. The van der Waals surface area contributed by atoms with E-state index in [2.05, 4.69) is 53.3 Å². The normalized spacial score (nSPS) is 18.1. The molecule has 1 saturated heterocycles. The van der Waals surface area contributed by atoms with Crippen molar-refractivity contribution >= 4 is 11.9 Å². The number of carboxylic acid groups (broad SMARTS) is 1. The van der Waals surface area contributed by atoms with Crippen LogP contribution < -0.4 is 9.47 Å².